The largest absolute Gasteiger partial charge is 0.497 e. The molecule has 2 nitrogen and oxygen atoms in total. The third kappa shape index (κ3) is 4.66. The van der Waals surface area contributed by atoms with Gasteiger partial charge in [-0.2, -0.15) is 0 Å². The fraction of sp³-hybridized carbons (Fsp3) is 0.385. The molecule has 0 heterocycles. The molecule has 0 aromatic heterocycles. The Bertz CT molecular complexity index is 320. The maximum Gasteiger partial charge on any atom is 0.119 e. The summed E-state index contributed by atoms with van der Waals surface area (Å²) in [4.78, 5) is 0. The van der Waals surface area contributed by atoms with Crippen LogP contribution in [-0.4, -0.2) is 20.2 Å². The van der Waals surface area contributed by atoms with Crippen molar-refractivity contribution in [3.8, 4) is 5.75 Å². The van der Waals surface area contributed by atoms with E-state index in [-0.39, 0.29) is 0 Å². The monoisotopic (exact) mass is 205 g/mol. The highest BCUT2D eigenvalue weighted by Crippen LogP contribution is 2.12. The predicted molar refractivity (Wildman–Crippen MR) is 64.4 cm³/mol. The lowest BCUT2D eigenvalue weighted by Crippen LogP contribution is -2.18. The van der Waals surface area contributed by atoms with Crippen molar-refractivity contribution in [2.75, 3.05) is 20.2 Å². The molecule has 82 valence electrons. The van der Waals surface area contributed by atoms with Crippen LogP contribution in [0.5, 0.6) is 5.75 Å². The van der Waals surface area contributed by atoms with Crippen LogP contribution in [-0.2, 0) is 6.42 Å². The minimum absolute atomic E-state index is 0.893. The van der Waals surface area contributed by atoms with E-state index in [9.17, 15) is 0 Å². The molecule has 0 spiro atoms. The summed E-state index contributed by atoms with van der Waals surface area (Å²) in [6, 6.07) is 8.17. The van der Waals surface area contributed by atoms with Crippen molar-refractivity contribution in [2.24, 2.45) is 0 Å². The van der Waals surface area contributed by atoms with Gasteiger partial charge in [0.05, 0.1) is 7.11 Å². The normalized spacial score (nSPS) is 10.0. The van der Waals surface area contributed by atoms with Crippen molar-refractivity contribution in [2.45, 2.75) is 13.3 Å². The van der Waals surface area contributed by atoms with Gasteiger partial charge in [-0.25, -0.2) is 0 Å². The van der Waals surface area contributed by atoms with Gasteiger partial charge in [0, 0.05) is 6.54 Å². The second-order valence-electron chi connectivity index (χ2n) is 3.74. The fourth-order valence-electron chi connectivity index (χ4n) is 1.36. The summed E-state index contributed by atoms with van der Waals surface area (Å²) >= 11 is 0. The Morgan fingerprint density at radius 3 is 2.93 bits per heavy atom. The SMILES string of the molecule is C=C(C)CNCCc1cccc(OC)c1. The van der Waals surface area contributed by atoms with E-state index in [1.165, 1.54) is 11.1 Å². The van der Waals surface area contributed by atoms with Crippen molar-refractivity contribution in [1.82, 2.24) is 5.32 Å². The Balaban J connectivity index is 2.33. The molecule has 0 aliphatic heterocycles. The van der Waals surface area contributed by atoms with Crippen LogP contribution in [0.4, 0.5) is 0 Å². The molecule has 1 aromatic carbocycles. The highest BCUT2D eigenvalue weighted by atomic mass is 16.5. The molecule has 1 N–H and O–H groups in total. The zero-order valence-corrected chi connectivity index (χ0v) is 9.55. The van der Waals surface area contributed by atoms with E-state index in [1.54, 1.807) is 7.11 Å². The van der Waals surface area contributed by atoms with Gasteiger partial charge in [0.15, 0.2) is 0 Å². The average molecular weight is 205 g/mol. The number of methoxy groups -OCH3 is 1. The minimum atomic E-state index is 0.893. The van der Waals surface area contributed by atoms with Crippen LogP contribution in [0.2, 0.25) is 0 Å². The maximum absolute atomic E-state index is 5.16. The minimum Gasteiger partial charge on any atom is -0.497 e. The number of benzene rings is 1. The molecular weight excluding hydrogens is 186 g/mol. The van der Waals surface area contributed by atoms with Crippen molar-refractivity contribution in [3.63, 3.8) is 0 Å². The molecule has 0 atom stereocenters. The highest BCUT2D eigenvalue weighted by molar-refractivity contribution is 5.28. The summed E-state index contributed by atoms with van der Waals surface area (Å²) in [5.74, 6) is 0.924. The van der Waals surface area contributed by atoms with Gasteiger partial charge >= 0.3 is 0 Å². The van der Waals surface area contributed by atoms with Crippen LogP contribution in [0, 0.1) is 0 Å². The molecule has 0 saturated heterocycles. The van der Waals surface area contributed by atoms with Crippen molar-refractivity contribution >= 4 is 0 Å². The molecule has 0 unspecified atom stereocenters. The zero-order valence-electron chi connectivity index (χ0n) is 9.55. The molecular formula is C13H19NO. The molecule has 1 rings (SSSR count). The maximum atomic E-state index is 5.16. The number of hydrogen-bond acceptors (Lipinski definition) is 2. The Morgan fingerprint density at radius 1 is 1.47 bits per heavy atom. The van der Waals surface area contributed by atoms with Crippen LogP contribution < -0.4 is 10.1 Å². The molecule has 15 heavy (non-hydrogen) atoms. The molecule has 0 amide bonds. The second-order valence-corrected chi connectivity index (χ2v) is 3.74. The number of ether oxygens (including phenoxy) is 1. The number of hydrogen-bond donors (Lipinski definition) is 1. The first-order chi connectivity index (χ1) is 7.22. The number of nitrogens with one attached hydrogen (secondary N) is 1. The summed E-state index contributed by atoms with van der Waals surface area (Å²) in [7, 11) is 1.69. The molecule has 0 aliphatic rings. The number of rotatable bonds is 6. The van der Waals surface area contributed by atoms with Crippen molar-refractivity contribution in [1.29, 1.82) is 0 Å². The first-order valence-corrected chi connectivity index (χ1v) is 5.20. The highest BCUT2D eigenvalue weighted by Gasteiger charge is 1.95. The van der Waals surface area contributed by atoms with Crippen LogP contribution in [0.25, 0.3) is 0 Å². The van der Waals surface area contributed by atoms with E-state index in [4.69, 9.17) is 4.74 Å². The van der Waals surface area contributed by atoms with Gasteiger partial charge < -0.3 is 10.1 Å². The molecule has 0 radical (unpaired) electrons. The van der Waals surface area contributed by atoms with Crippen LogP contribution in [0.15, 0.2) is 36.4 Å². The lowest BCUT2D eigenvalue weighted by atomic mass is 10.1. The van der Waals surface area contributed by atoms with Crippen LogP contribution in [0.3, 0.4) is 0 Å². The van der Waals surface area contributed by atoms with Gasteiger partial charge in [0.25, 0.3) is 0 Å². The Hall–Kier alpha value is -1.28. The topological polar surface area (TPSA) is 21.3 Å². The summed E-state index contributed by atoms with van der Waals surface area (Å²) in [5, 5.41) is 3.33. The van der Waals surface area contributed by atoms with E-state index in [2.05, 4.69) is 24.0 Å². The van der Waals surface area contributed by atoms with Crippen molar-refractivity contribution < 1.29 is 4.74 Å². The molecule has 0 bridgehead atoms. The average Bonchev–Trinajstić information content (AvgIpc) is 2.24. The first-order valence-electron chi connectivity index (χ1n) is 5.20. The van der Waals surface area contributed by atoms with E-state index in [1.807, 2.05) is 19.1 Å². The quantitative estimate of drug-likeness (QED) is 0.569. The van der Waals surface area contributed by atoms with Crippen molar-refractivity contribution in [3.05, 3.63) is 42.0 Å². The van der Waals surface area contributed by atoms with Gasteiger partial charge in [-0.3, -0.25) is 0 Å². The first kappa shape index (κ1) is 11.8. The lowest BCUT2D eigenvalue weighted by Gasteiger charge is -2.06. The van der Waals surface area contributed by atoms with Gasteiger partial charge in [-0.05, 0) is 37.6 Å². The Morgan fingerprint density at radius 2 is 2.27 bits per heavy atom. The van der Waals surface area contributed by atoms with E-state index in [0.29, 0.717) is 0 Å². The Kier molecular flexibility index (Phi) is 4.91. The summed E-state index contributed by atoms with van der Waals surface area (Å²) < 4.78 is 5.16. The molecule has 1 aromatic rings. The third-order valence-electron chi connectivity index (χ3n) is 2.15. The van der Waals surface area contributed by atoms with Crippen LogP contribution >= 0.6 is 0 Å². The van der Waals surface area contributed by atoms with E-state index in [0.717, 1.165) is 25.3 Å². The molecule has 0 fully saturated rings. The zero-order chi connectivity index (χ0) is 11.1. The summed E-state index contributed by atoms with van der Waals surface area (Å²) in [6.45, 7) is 7.74. The summed E-state index contributed by atoms with van der Waals surface area (Å²) in [6.07, 6.45) is 1.02. The van der Waals surface area contributed by atoms with Gasteiger partial charge in [0.2, 0.25) is 0 Å². The fourth-order valence-corrected chi connectivity index (χ4v) is 1.36. The molecule has 0 aliphatic carbocycles. The lowest BCUT2D eigenvalue weighted by molar-refractivity contribution is 0.414. The smallest absolute Gasteiger partial charge is 0.119 e. The van der Waals surface area contributed by atoms with E-state index >= 15 is 0 Å². The standard InChI is InChI=1S/C13H19NO/c1-11(2)10-14-8-7-12-5-4-6-13(9-12)15-3/h4-6,9,14H,1,7-8,10H2,2-3H3. The third-order valence-corrected chi connectivity index (χ3v) is 2.15. The molecule has 0 saturated carbocycles. The van der Waals surface area contributed by atoms with Gasteiger partial charge in [0.1, 0.15) is 5.75 Å². The van der Waals surface area contributed by atoms with E-state index < -0.39 is 0 Å². The molecule has 2 heteroatoms. The second kappa shape index (κ2) is 6.25. The van der Waals surface area contributed by atoms with Gasteiger partial charge in [-0.1, -0.05) is 24.3 Å². The Labute approximate surface area is 92.0 Å². The van der Waals surface area contributed by atoms with Gasteiger partial charge in [-0.15, -0.1) is 0 Å². The predicted octanol–water partition coefficient (Wildman–Crippen LogP) is 2.40. The summed E-state index contributed by atoms with van der Waals surface area (Å²) in [5.41, 5.74) is 2.46. The van der Waals surface area contributed by atoms with Crippen LogP contribution in [0.1, 0.15) is 12.5 Å².